The largest absolute Gasteiger partial charge is 0.497 e. The minimum Gasteiger partial charge on any atom is -0.497 e. The first kappa shape index (κ1) is 14.0. The standard InChI is InChI=1S/C13H17N5O2/c1-4-10(12-15-8-16-18(12)2)17-13(19)11-7-9(20-3)5-6-14-11/h5-8,10H,4H2,1-3H3,(H,17,19)/t10-/m1/s1. The molecule has 0 aliphatic heterocycles. The van der Waals surface area contributed by atoms with Crippen LogP contribution in [0.1, 0.15) is 35.7 Å². The highest BCUT2D eigenvalue weighted by molar-refractivity contribution is 5.92. The molecule has 7 heteroatoms. The summed E-state index contributed by atoms with van der Waals surface area (Å²) < 4.78 is 6.73. The van der Waals surface area contributed by atoms with E-state index >= 15 is 0 Å². The maximum absolute atomic E-state index is 12.2. The summed E-state index contributed by atoms with van der Waals surface area (Å²) in [7, 11) is 3.34. The number of nitrogens with zero attached hydrogens (tertiary/aromatic N) is 4. The smallest absolute Gasteiger partial charge is 0.270 e. The minimum atomic E-state index is -0.265. The Labute approximate surface area is 117 Å². The molecule has 0 aliphatic rings. The second-order valence-electron chi connectivity index (χ2n) is 4.26. The topological polar surface area (TPSA) is 81.9 Å². The number of carbonyl (C=O) groups excluding carboxylic acids is 1. The molecule has 20 heavy (non-hydrogen) atoms. The van der Waals surface area contributed by atoms with Crippen LogP contribution in [0.3, 0.4) is 0 Å². The van der Waals surface area contributed by atoms with Gasteiger partial charge in [0, 0.05) is 19.3 Å². The molecule has 2 aromatic rings. The van der Waals surface area contributed by atoms with Gasteiger partial charge in [0.25, 0.3) is 5.91 Å². The lowest BCUT2D eigenvalue weighted by molar-refractivity contribution is 0.0927. The fourth-order valence-corrected chi connectivity index (χ4v) is 1.86. The van der Waals surface area contributed by atoms with E-state index in [1.165, 1.54) is 12.5 Å². The number of nitrogens with one attached hydrogen (secondary N) is 1. The van der Waals surface area contributed by atoms with Gasteiger partial charge in [-0.25, -0.2) is 4.98 Å². The molecule has 0 spiro atoms. The van der Waals surface area contributed by atoms with Crippen molar-refractivity contribution in [2.45, 2.75) is 19.4 Å². The van der Waals surface area contributed by atoms with Crippen molar-refractivity contribution in [1.82, 2.24) is 25.1 Å². The van der Waals surface area contributed by atoms with Gasteiger partial charge in [-0.05, 0) is 12.5 Å². The van der Waals surface area contributed by atoms with E-state index in [4.69, 9.17) is 4.74 Å². The van der Waals surface area contributed by atoms with Gasteiger partial charge in [0.15, 0.2) is 0 Å². The summed E-state index contributed by atoms with van der Waals surface area (Å²) in [5.41, 5.74) is 0.310. The average molecular weight is 275 g/mol. The van der Waals surface area contributed by atoms with E-state index < -0.39 is 0 Å². The predicted octanol–water partition coefficient (Wildman–Crippen LogP) is 1.10. The van der Waals surface area contributed by atoms with Crippen molar-refractivity contribution in [3.05, 3.63) is 36.2 Å². The van der Waals surface area contributed by atoms with E-state index in [2.05, 4.69) is 20.4 Å². The van der Waals surface area contributed by atoms with Gasteiger partial charge < -0.3 is 10.1 Å². The summed E-state index contributed by atoms with van der Waals surface area (Å²) in [6.45, 7) is 1.97. The van der Waals surface area contributed by atoms with E-state index in [1.807, 2.05) is 6.92 Å². The Balaban J connectivity index is 2.15. The third-order valence-corrected chi connectivity index (χ3v) is 2.97. The monoisotopic (exact) mass is 275 g/mol. The Kier molecular flexibility index (Phi) is 4.29. The van der Waals surface area contributed by atoms with Crippen molar-refractivity contribution in [2.24, 2.45) is 7.05 Å². The molecule has 2 aromatic heterocycles. The first-order valence-electron chi connectivity index (χ1n) is 6.30. The molecule has 2 rings (SSSR count). The molecular formula is C13H17N5O2. The van der Waals surface area contributed by atoms with Crippen molar-refractivity contribution < 1.29 is 9.53 Å². The van der Waals surface area contributed by atoms with Crippen LogP contribution >= 0.6 is 0 Å². The normalized spacial score (nSPS) is 11.9. The fraction of sp³-hybridized carbons (Fsp3) is 0.385. The van der Waals surface area contributed by atoms with Crippen molar-refractivity contribution in [3.63, 3.8) is 0 Å². The highest BCUT2D eigenvalue weighted by Gasteiger charge is 2.19. The molecule has 0 unspecified atom stereocenters. The molecule has 0 aliphatic carbocycles. The van der Waals surface area contributed by atoms with Gasteiger partial charge in [0.1, 0.15) is 23.6 Å². The number of methoxy groups -OCH3 is 1. The number of aryl methyl sites for hydroxylation is 1. The van der Waals surface area contributed by atoms with Crippen LogP contribution in [-0.2, 0) is 7.05 Å². The molecule has 7 nitrogen and oxygen atoms in total. The Bertz CT molecular complexity index is 596. The zero-order valence-corrected chi connectivity index (χ0v) is 11.7. The molecule has 1 N–H and O–H groups in total. The van der Waals surface area contributed by atoms with Crippen LogP contribution in [0.5, 0.6) is 5.75 Å². The molecule has 0 saturated carbocycles. The zero-order valence-electron chi connectivity index (χ0n) is 11.7. The van der Waals surface area contributed by atoms with Crippen LogP contribution in [-0.4, -0.2) is 32.8 Å². The average Bonchev–Trinajstić information content (AvgIpc) is 2.90. The summed E-state index contributed by atoms with van der Waals surface area (Å²) in [4.78, 5) is 20.4. The number of rotatable bonds is 5. The third-order valence-electron chi connectivity index (χ3n) is 2.97. The van der Waals surface area contributed by atoms with E-state index in [0.29, 0.717) is 23.7 Å². The maximum atomic E-state index is 12.2. The van der Waals surface area contributed by atoms with Gasteiger partial charge in [0.2, 0.25) is 0 Å². The van der Waals surface area contributed by atoms with Crippen LogP contribution in [0.4, 0.5) is 0 Å². The SMILES string of the molecule is CC[C@@H](NC(=O)c1cc(OC)ccn1)c1ncnn1C. The molecule has 2 heterocycles. The number of hydrogen-bond donors (Lipinski definition) is 1. The first-order chi connectivity index (χ1) is 9.65. The Morgan fingerprint density at radius 2 is 2.30 bits per heavy atom. The first-order valence-corrected chi connectivity index (χ1v) is 6.30. The summed E-state index contributed by atoms with van der Waals surface area (Å²) >= 11 is 0. The van der Waals surface area contributed by atoms with Gasteiger partial charge in [-0.3, -0.25) is 14.5 Å². The van der Waals surface area contributed by atoms with Gasteiger partial charge in [-0.2, -0.15) is 5.10 Å². The lowest BCUT2D eigenvalue weighted by Gasteiger charge is -2.15. The fourth-order valence-electron chi connectivity index (χ4n) is 1.86. The number of pyridine rings is 1. The number of carbonyl (C=O) groups is 1. The van der Waals surface area contributed by atoms with Crippen molar-refractivity contribution >= 4 is 5.91 Å². The van der Waals surface area contributed by atoms with Gasteiger partial charge in [-0.15, -0.1) is 0 Å². The molecule has 0 saturated heterocycles. The summed E-state index contributed by atoms with van der Waals surface area (Å²) in [5, 5.41) is 6.91. The van der Waals surface area contributed by atoms with Crippen molar-refractivity contribution in [3.8, 4) is 5.75 Å². The number of ether oxygens (including phenoxy) is 1. The lowest BCUT2D eigenvalue weighted by Crippen LogP contribution is -2.30. The molecule has 1 amide bonds. The second kappa shape index (κ2) is 6.14. The van der Waals surface area contributed by atoms with Crippen LogP contribution in [0.15, 0.2) is 24.7 Å². The lowest BCUT2D eigenvalue weighted by atomic mass is 10.2. The molecular weight excluding hydrogens is 258 g/mol. The van der Waals surface area contributed by atoms with Crippen molar-refractivity contribution in [2.75, 3.05) is 7.11 Å². The van der Waals surface area contributed by atoms with Crippen LogP contribution in [0.25, 0.3) is 0 Å². The minimum absolute atomic E-state index is 0.206. The molecule has 0 aromatic carbocycles. The Morgan fingerprint density at radius 3 is 2.90 bits per heavy atom. The van der Waals surface area contributed by atoms with Gasteiger partial charge in [0.05, 0.1) is 13.2 Å². The van der Waals surface area contributed by atoms with Gasteiger partial charge >= 0.3 is 0 Å². The molecule has 0 bridgehead atoms. The molecule has 1 atom stereocenters. The molecule has 0 fully saturated rings. The quantitative estimate of drug-likeness (QED) is 0.883. The Morgan fingerprint density at radius 1 is 1.50 bits per heavy atom. The number of amides is 1. The van der Waals surface area contributed by atoms with E-state index in [9.17, 15) is 4.79 Å². The third kappa shape index (κ3) is 2.93. The summed E-state index contributed by atoms with van der Waals surface area (Å²) in [6, 6.07) is 3.08. The number of hydrogen-bond acceptors (Lipinski definition) is 5. The molecule has 0 radical (unpaired) electrons. The summed E-state index contributed by atoms with van der Waals surface area (Å²) in [5.74, 6) is 1.04. The maximum Gasteiger partial charge on any atom is 0.270 e. The van der Waals surface area contributed by atoms with E-state index in [1.54, 1.807) is 31.0 Å². The predicted molar refractivity (Wildman–Crippen MR) is 72.3 cm³/mol. The van der Waals surface area contributed by atoms with E-state index in [-0.39, 0.29) is 11.9 Å². The van der Waals surface area contributed by atoms with E-state index in [0.717, 1.165) is 0 Å². The van der Waals surface area contributed by atoms with Crippen LogP contribution in [0, 0.1) is 0 Å². The van der Waals surface area contributed by atoms with Crippen molar-refractivity contribution in [1.29, 1.82) is 0 Å². The summed E-state index contributed by atoms with van der Waals surface area (Å²) in [6.07, 6.45) is 3.72. The van der Waals surface area contributed by atoms with Crippen LogP contribution < -0.4 is 10.1 Å². The highest BCUT2D eigenvalue weighted by Crippen LogP contribution is 2.15. The second-order valence-corrected chi connectivity index (χ2v) is 4.26. The zero-order chi connectivity index (χ0) is 14.5. The van der Waals surface area contributed by atoms with Gasteiger partial charge in [-0.1, -0.05) is 6.92 Å². The van der Waals surface area contributed by atoms with Crippen LogP contribution in [0.2, 0.25) is 0 Å². The Hall–Kier alpha value is -2.44. The molecule has 106 valence electrons. The number of aromatic nitrogens is 4. The highest BCUT2D eigenvalue weighted by atomic mass is 16.5.